The lowest BCUT2D eigenvalue weighted by Crippen LogP contribution is -2.23. The van der Waals surface area contributed by atoms with E-state index in [9.17, 15) is 9.59 Å². The number of methoxy groups -OCH3 is 1. The van der Waals surface area contributed by atoms with Gasteiger partial charge in [0.2, 0.25) is 0 Å². The van der Waals surface area contributed by atoms with Gasteiger partial charge < -0.3 is 20.1 Å². The summed E-state index contributed by atoms with van der Waals surface area (Å²) in [6.07, 6.45) is 2.18. The van der Waals surface area contributed by atoms with Gasteiger partial charge in [-0.1, -0.05) is 26.8 Å². The number of benzene rings is 2. The summed E-state index contributed by atoms with van der Waals surface area (Å²) in [7, 11) is 1.62. The molecule has 0 radical (unpaired) electrons. The van der Waals surface area contributed by atoms with Crippen LogP contribution in [0.5, 0.6) is 5.75 Å². The highest BCUT2D eigenvalue weighted by molar-refractivity contribution is 5.99. The third kappa shape index (κ3) is 4.75. The summed E-state index contributed by atoms with van der Waals surface area (Å²) in [6.45, 7) is 8.12. The number of amides is 1. The number of esters is 1. The Bertz CT molecular complexity index is 941. The van der Waals surface area contributed by atoms with Crippen molar-refractivity contribution in [3.05, 3.63) is 58.7 Å². The molecule has 1 aliphatic heterocycles. The third-order valence-corrected chi connectivity index (χ3v) is 5.39. The van der Waals surface area contributed by atoms with E-state index in [2.05, 4.69) is 25.7 Å². The molecule has 6 nitrogen and oxygen atoms in total. The number of hydrogen-bond donors (Lipinski definition) is 1. The maximum absolute atomic E-state index is 12.7. The molecule has 0 bridgehead atoms. The molecule has 1 heterocycles. The third-order valence-electron chi connectivity index (χ3n) is 5.39. The molecule has 1 fully saturated rings. The zero-order valence-corrected chi connectivity index (χ0v) is 18.2. The van der Waals surface area contributed by atoms with Crippen molar-refractivity contribution in [2.45, 2.75) is 45.6 Å². The first kappa shape index (κ1) is 21.7. The molecule has 0 spiro atoms. The van der Waals surface area contributed by atoms with Gasteiger partial charge in [-0.3, -0.25) is 4.79 Å². The molecular formula is C24H30N2O4. The molecule has 0 atom stereocenters. The van der Waals surface area contributed by atoms with Crippen molar-refractivity contribution >= 4 is 17.6 Å². The number of carbonyl (C=O) groups is 2. The molecule has 0 aliphatic carbocycles. The Kier molecular flexibility index (Phi) is 6.34. The van der Waals surface area contributed by atoms with Gasteiger partial charge in [-0.15, -0.1) is 0 Å². The van der Waals surface area contributed by atoms with Gasteiger partial charge in [0.25, 0.3) is 5.91 Å². The molecule has 0 aromatic heterocycles. The van der Waals surface area contributed by atoms with Gasteiger partial charge in [0, 0.05) is 24.3 Å². The first-order chi connectivity index (χ1) is 14.2. The molecule has 0 saturated carbocycles. The summed E-state index contributed by atoms with van der Waals surface area (Å²) in [4.78, 5) is 26.6. The Labute approximate surface area is 178 Å². The SMILES string of the molecule is COc1ccc(C(=O)OCc2ccc(C(N)=O)c(N3CCCC3)c2)cc1C(C)(C)C. The lowest BCUT2D eigenvalue weighted by Gasteiger charge is -2.23. The molecule has 160 valence electrons. The molecule has 0 unspecified atom stereocenters. The van der Waals surface area contributed by atoms with E-state index in [0.717, 1.165) is 48.5 Å². The van der Waals surface area contributed by atoms with Gasteiger partial charge in [-0.05, 0) is 54.2 Å². The van der Waals surface area contributed by atoms with Crippen molar-refractivity contribution in [3.8, 4) is 5.75 Å². The van der Waals surface area contributed by atoms with Crippen LogP contribution in [0, 0.1) is 0 Å². The smallest absolute Gasteiger partial charge is 0.338 e. The van der Waals surface area contributed by atoms with Crippen LogP contribution in [0.25, 0.3) is 0 Å². The van der Waals surface area contributed by atoms with Crippen LogP contribution >= 0.6 is 0 Å². The van der Waals surface area contributed by atoms with E-state index < -0.39 is 11.9 Å². The predicted molar refractivity (Wildman–Crippen MR) is 117 cm³/mol. The predicted octanol–water partition coefficient (Wildman–Crippen LogP) is 4.05. The summed E-state index contributed by atoms with van der Waals surface area (Å²) < 4.78 is 11.0. The second kappa shape index (κ2) is 8.78. The normalized spacial score (nSPS) is 13.9. The van der Waals surface area contributed by atoms with Crippen LogP contribution in [0.3, 0.4) is 0 Å². The largest absolute Gasteiger partial charge is 0.496 e. The van der Waals surface area contributed by atoms with Crippen molar-refractivity contribution in [2.75, 3.05) is 25.1 Å². The lowest BCUT2D eigenvalue weighted by molar-refractivity contribution is 0.0472. The minimum atomic E-state index is -0.451. The topological polar surface area (TPSA) is 81.9 Å². The molecule has 2 aromatic carbocycles. The van der Waals surface area contributed by atoms with E-state index in [1.807, 2.05) is 12.1 Å². The van der Waals surface area contributed by atoms with Gasteiger partial charge in [-0.2, -0.15) is 0 Å². The monoisotopic (exact) mass is 410 g/mol. The first-order valence-electron chi connectivity index (χ1n) is 10.2. The van der Waals surface area contributed by atoms with E-state index in [-0.39, 0.29) is 12.0 Å². The van der Waals surface area contributed by atoms with Crippen LogP contribution in [0.15, 0.2) is 36.4 Å². The molecule has 6 heteroatoms. The molecule has 3 rings (SSSR count). The number of carbonyl (C=O) groups excluding carboxylic acids is 2. The van der Waals surface area contributed by atoms with E-state index in [0.29, 0.717) is 11.1 Å². The summed E-state index contributed by atoms with van der Waals surface area (Å²) >= 11 is 0. The lowest BCUT2D eigenvalue weighted by atomic mass is 9.85. The van der Waals surface area contributed by atoms with Crippen LogP contribution in [-0.2, 0) is 16.8 Å². The van der Waals surface area contributed by atoms with Crippen molar-refractivity contribution in [3.63, 3.8) is 0 Å². The number of primary amides is 1. The maximum Gasteiger partial charge on any atom is 0.338 e. The highest BCUT2D eigenvalue weighted by Crippen LogP contribution is 2.32. The van der Waals surface area contributed by atoms with Gasteiger partial charge in [0.1, 0.15) is 12.4 Å². The van der Waals surface area contributed by atoms with E-state index >= 15 is 0 Å². The highest BCUT2D eigenvalue weighted by atomic mass is 16.5. The number of nitrogens with zero attached hydrogens (tertiary/aromatic N) is 1. The second-order valence-corrected chi connectivity index (χ2v) is 8.65. The standard InChI is InChI=1S/C24H30N2O4/c1-24(2,3)19-14-17(8-10-21(19)29-4)23(28)30-15-16-7-9-18(22(25)27)20(13-16)26-11-5-6-12-26/h7-10,13-14H,5-6,11-12,15H2,1-4H3,(H2,25,27). The molecule has 1 aliphatic rings. The summed E-state index contributed by atoms with van der Waals surface area (Å²) in [5.74, 6) is -0.102. The Morgan fingerprint density at radius 3 is 2.37 bits per heavy atom. The quantitative estimate of drug-likeness (QED) is 0.727. The number of hydrogen-bond acceptors (Lipinski definition) is 5. The number of ether oxygens (including phenoxy) is 2. The van der Waals surface area contributed by atoms with Gasteiger partial charge in [0.05, 0.1) is 18.2 Å². The average molecular weight is 411 g/mol. The second-order valence-electron chi connectivity index (χ2n) is 8.65. The summed E-state index contributed by atoms with van der Waals surface area (Å²) in [5, 5.41) is 0. The first-order valence-corrected chi connectivity index (χ1v) is 10.2. The van der Waals surface area contributed by atoms with Gasteiger partial charge in [0.15, 0.2) is 0 Å². The Hall–Kier alpha value is -3.02. The van der Waals surface area contributed by atoms with Crippen LogP contribution in [0.1, 0.15) is 65.5 Å². The molecule has 1 amide bonds. The van der Waals surface area contributed by atoms with Crippen molar-refractivity contribution in [2.24, 2.45) is 5.73 Å². The fourth-order valence-corrected chi connectivity index (χ4v) is 3.75. The zero-order chi connectivity index (χ0) is 21.9. The Morgan fingerprint density at radius 1 is 1.07 bits per heavy atom. The van der Waals surface area contributed by atoms with Crippen LogP contribution in [0.4, 0.5) is 5.69 Å². The fourth-order valence-electron chi connectivity index (χ4n) is 3.75. The molecule has 1 saturated heterocycles. The number of nitrogens with two attached hydrogens (primary N) is 1. The van der Waals surface area contributed by atoms with Crippen LogP contribution < -0.4 is 15.4 Å². The highest BCUT2D eigenvalue weighted by Gasteiger charge is 2.22. The van der Waals surface area contributed by atoms with E-state index in [1.54, 1.807) is 31.4 Å². The zero-order valence-electron chi connectivity index (χ0n) is 18.2. The summed E-state index contributed by atoms with van der Waals surface area (Å²) in [6, 6.07) is 10.7. The number of anilines is 1. The maximum atomic E-state index is 12.7. The van der Waals surface area contributed by atoms with Crippen molar-refractivity contribution in [1.29, 1.82) is 0 Å². The van der Waals surface area contributed by atoms with E-state index in [1.165, 1.54) is 0 Å². The number of rotatable bonds is 6. The fraction of sp³-hybridized carbons (Fsp3) is 0.417. The Morgan fingerprint density at radius 2 is 1.77 bits per heavy atom. The molecule has 2 aromatic rings. The molecular weight excluding hydrogens is 380 g/mol. The summed E-state index contributed by atoms with van der Waals surface area (Å²) in [5.41, 5.74) is 8.93. The Balaban J connectivity index is 1.78. The van der Waals surface area contributed by atoms with Gasteiger partial charge in [-0.25, -0.2) is 4.79 Å². The average Bonchev–Trinajstić information content (AvgIpc) is 3.25. The van der Waals surface area contributed by atoms with Crippen LogP contribution in [0.2, 0.25) is 0 Å². The minimum absolute atomic E-state index is 0.121. The molecule has 30 heavy (non-hydrogen) atoms. The van der Waals surface area contributed by atoms with E-state index in [4.69, 9.17) is 15.2 Å². The van der Waals surface area contributed by atoms with Crippen molar-refractivity contribution in [1.82, 2.24) is 0 Å². The van der Waals surface area contributed by atoms with Gasteiger partial charge >= 0.3 is 5.97 Å². The van der Waals surface area contributed by atoms with Crippen molar-refractivity contribution < 1.29 is 19.1 Å². The van der Waals surface area contributed by atoms with Crippen LogP contribution in [-0.4, -0.2) is 32.1 Å². The minimum Gasteiger partial charge on any atom is -0.496 e. The molecule has 2 N–H and O–H groups in total.